The fourth-order valence-electron chi connectivity index (χ4n) is 18.9. The van der Waals surface area contributed by atoms with Crippen LogP contribution in [0.25, 0.3) is 0 Å². The molecule has 132 heavy (non-hydrogen) atoms. The first-order chi connectivity index (χ1) is 63.9. The molecule has 10 rings (SSSR count). The van der Waals surface area contributed by atoms with E-state index in [0.717, 1.165) is 239 Å². The summed E-state index contributed by atoms with van der Waals surface area (Å²) in [5, 5.41) is 101. The van der Waals surface area contributed by atoms with Crippen LogP contribution in [0.4, 0.5) is 0 Å². The average Bonchev–Trinajstić information content (AvgIpc) is 1.67. The van der Waals surface area contributed by atoms with Gasteiger partial charge in [-0.1, -0.05) is 212 Å². The molecule has 0 radical (unpaired) electrons. The van der Waals surface area contributed by atoms with Crippen molar-refractivity contribution >= 4 is 70.3 Å². The molecule has 4 unspecified atom stereocenters. The number of carbonyl (C=O) groups is 4. The van der Waals surface area contributed by atoms with Crippen molar-refractivity contribution in [3.05, 3.63) is 190 Å². The Morgan fingerprint density at radius 2 is 0.583 bits per heavy atom. The molecule has 26 heteroatoms. The first kappa shape index (κ1) is 113. The Bertz CT molecular complexity index is 3910. The molecule has 20 atom stereocenters. The summed E-state index contributed by atoms with van der Waals surface area (Å²) in [6.07, 6.45) is 35.2. The minimum absolute atomic E-state index is 0.0130. The van der Waals surface area contributed by atoms with E-state index in [0.29, 0.717) is 77.4 Å². The second-order valence-corrected chi connectivity index (χ2v) is 38.5. The van der Waals surface area contributed by atoms with Gasteiger partial charge in [-0.25, -0.2) is 0 Å². The minimum atomic E-state index is -0.474. The maximum atomic E-state index is 12.0. The maximum absolute atomic E-state index is 12.0. The van der Waals surface area contributed by atoms with E-state index in [2.05, 4.69) is 79.2 Å². The summed E-state index contributed by atoms with van der Waals surface area (Å²) in [5.41, 5.74) is 7.95. The zero-order valence-electron chi connectivity index (χ0n) is 78.9. The van der Waals surface area contributed by atoms with Crippen molar-refractivity contribution in [2.75, 3.05) is 105 Å². The third kappa shape index (κ3) is 40.4. The quantitative estimate of drug-likeness (QED) is 0.00645. The Labute approximate surface area is 807 Å². The second kappa shape index (κ2) is 65.2. The largest absolute Gasteiger partial charge is 0.464 e. The fourth-order valence-corrected chi connectivity index (χ4v) is 20.6. The molecule has 4 saturated carbocycles. The predicted octanol–water partition coefficient (Wildman–Crippen LogP) is 18.4. The van der Waals surface area contributed by atoms with E-state index < -0.39 is 48.8 Å². The zero-order chi connectivity index (χ0) is 95.4. The summed E-state index contributed by atoms with van der Waals surface area (Å²) >= 11 is 26.4. The van der Waals surface area contributed by atoms with Crippen LogP contribution < -0.4 is 0 Å². The van der Waals surface area contributed by atoms with Gasteiger partial charge in [0.2, 0.25) is 0 Å². The number of hydrogen-bond donors (Lipinski definition) is 10. The van der Waals surface area contributed by atoms with Gasteiger partial charge in [0.05, 0.1) is 88.5 Å². The van der Waals surface area contributed by atoms with Crippen molar-refractivity contribution in [1.29, 1.82) is 0 Å². The number of nitrogens with zero attached hydrogens (tertiary/aromatic N) is 2. The number of morpholine rings is 2. The van der Waals surface area contributed by atoms with E-state index in [1.807, 2.05) is 104 Å². The molecule has 22 nitrogen and oxygen atoms in total. The van der Waals surface area contributed by atoms with Gasteiger partial charge < -0.3 is 79.5 Å². The second-order valence-electron chi connectivity index (χ2n) is 36.3. The highest BCUT2D eigenvalue weighted by molar-refractivity contribution is 6.22. The molecule has 10 N–H and O–H groups in total. The van der Waals surface area contributed by atoms with Crippen LogP contribution in [0.5, 0.6) is 0 Å². The number of aliphatic hydroxyl groups excluding tert-OH is 10. The third-order valence-corrected chi connectivity index (χ3v) is 28.4. The van der Waals surface area contributed by atoms with Crippen molar-refractivity contribution in [3.8, 4) is 0 Å². The van der Waals surface area contributed by atoms with Gasteiger partial charge in [-0.3, -0.25) is 29.0 Å². The Morgan fingerprint density at radius 3 is 0.811 bits per heavy atom. The van der Waals surface area contributed by atoms with E-state index in [1.165, 1.54) is 0 Å². The van der Waals surface area contributed by atoms with E-state index in [1.54, 1.807) is 0 Å². The van der Waals surface area contributed by atoms with Crippen LogP contribution in [0.3, 0.4) is 0 Å². The van der Waals surface area contributed by atoms with Gasteiger partial charge in [0.25, 0.3) is 0 Å². The Morgan fingerprint density at radius 1 is 0.348 bits per heavy atom. The van der Waals surface area contributed by atoms with Crippen LogP contribution in [0.15, 0.2) is 146 Å². The van der Waals surface area contributed by atoms with Crippen LogP contribution in [0.2, 0.25) is 0 Å². The molecule has 2 aliphatic heterocycles. The lowest BCUT2D eigenvalue weighted by atomic mass is 9.84. The maximum Gasteiger partial charge on any atom is 0.305 e. The number of unbranched alkanes of at least 4 members (excludes halogenated alkanes) is 6. The smallest absolute Gasteiger partial charge is 0.305 e. The first-order valence-corrected chi connectivity index (χ1v) is 51.1. The van der Waals surface area contributed by atoms with Crippen LogP contribution in [-0.2, 0) is 47.6 Å². The lowest BCUT2D eigenvalue weighted by Gasteiger charge is -2.26. The minimum Gasteiger partial charge on any atom is -0.464 e. The molecule has 0 spiro atoms. The molecule has 6 aliphatic rings. The summed E-state index contributed by atoms with van der Waals surface area (Å²) < 4.78 is 31.0. The number of aliphatic hydroxyl groups is 10. The first-order valence-electron chi connectivity index (χ1n) is 49.4. The molecule has 4 aliphatic carbocycles. The van der Waals surface area contributed by atoms with Crippen LogP contribution >= 0.6 is 46.4 Å². The Balaban J connectivity index is 0.000000241. The number of carbonyl (C=O) groups excluding carboxylic acids is 4. The Kier molecular flexibility index (Phi) is 56.0. The lowest BCUT2D eigenvalue weighted by molar-refractivity contribution is -0.145. The number of benzene rings is 4. The molecule has 740 valence electrons. The van der Waals surface area contributed by atoms with Crippen LogP contribution in [-0.4, -0.2) is 236 Å². The van der Waals surface area contributed by atoms with Gasteiger partial charge in [0.15, 0.2) is 0 Å². The topological polar surface area (TPSA) is 332 Å². The van der Waals surface area contributed by atoms with E-state index >= 15 is 0 Å². The number of esters is 4. The molecular weight excluding hydrogens is 1760 g/mol. The number of alkyl halides is 4. The van der Waals surface area contributed by atoms with E-state index in [-0.39, 0.29) is 119 Å². The van der Waals surface area contributed by atoms with Crippen LogP contribution in [0.1, 0.15) is 313 Å². The highest BCUT2D eigenvalue weighted by atomic mass is 35.5. The molecule has 4 aromatic rings. The van der Waals surface area contributed by atoms with Crippen molar-refractivity contribution in [1.82, 2.24) is 9.80 Å². The summed E-state index contributed by atoms with van der Waals surface area (Å²) in [6.45, 7) is 17.2. The molecule has 2 saturated heterocycles. The van der Waals surface area contributed by atoms with Gasteiger partial charge in [-0.2, -0.15) is 0 Å². The number of ether oxygens (including phenoxy) is 6. The van der Waals surface area contributed by atoms with E-state index in [9.17, 15) is 60.0 Å². The number of allylic oxidation sites excluding steroid dienone is 8. The van der Waals surface area contributed by atoms with Crippen LogP contribution in [0, 0.1) is 23.7 Å². The third-order valence-electron chi connectivity index (χ3n) is 26.4. The van der Waals surface area contributed by atoms with Gasteiger partial charge in [-0.05, 0) is 197 Å². The molecule has 4 aromatic carbocycles. The molecule has 0 bridgehead atoms. The average molecular weight is 1920 g/mol. The van der Waals surface area contributed by atoms with Crippen molar-refractivity contribution in [2.24, 2.45) is 23.7 Å². The fraction of sp³-hybridized carbons (Fsp3) is 0.660. The van der Waals surface area contributed by atoms with Gasteiger partial charge >= 0.3 is 23.9 Å². The molecule has 2 heterocycles. The number of hydrogen-bond acceptors (Lipinski definition) is 22. The van der Waals surface area contributed by atoms with Gasteiger partial charge in [-0.15, -0.1) is 46.4 Å². The van der Waals surface area contributed by atoms with Crippen molar-refractivity contribution < 1.29 is 98.7 Å². The highest BCUT2D eigenvalue weighted by Gasteiger charge is 2.45. The monoisotopic (exact) mass is 1920 g/mol. The number of halogens is 4. The summed E-state index contributed by atoms with van der Waals surface area (Å²) in [5.74, 6) is -0.351. The summed E-state index contributed by atoms with van der Waals surface area (Å²) in [6, 6.07) is 31.9. The Hall–Kier alpha value is -5.68. The summed E-state index contributed by atoms with van der Waals surface area (Å²) in [4.78, 5) is 51.3. The van der Waals surface area contributed by atoms with E-state index in [4.69, 9.17) is 85.0 Å². The number of rotatable bonds is 52. The van der Waals surface area contributed by atoms with Gasteiger partial charge in [0.1, 0.15) is 26.4 Å². The molecule has 6 fully saturated rings. The SMILES string of the molecule is CCCC(O)c1ccc([C@@H]2[C@@H](C/C=C\CCCC(=O)OCCN3CCOCC3)[C@H](Cl)C[C@H]2O)cc1.CCCC(O)c1ccc([C@@H]2[C@@H](C/C=C\CCCC(=O)OCCO)[C@H](Cl)C[C@H]2O)cc1.CCCCC(O)c1ccc([C@@H]2[C@@H](C/C=C\CCCC(=O)OCCN3CCOCC3)[C@H](Cl)C[C@H]2O)cc1.CCCCC(O)c1ccc([C@@H]2[C@@H](C/C=C\CCCC(=O)OCCO)[C@H](Cl)C[C@H]2O)cc1. The van der Waals surface area contributed by atoms with Crippen molar-refractivity contribution in [3.63, 3.8) is 0 Å². The summed E-state index contributed by atoms with van der Waals surface area (Å²) in [7, 11) is 0. The highest BCUT2D eigenvalue weighted by Crippen LogP contribution is 2.49. The lowest BCUT2D eigenvalue weighted by Crippen LogP contribution is -2.38. The van der Waals surface area contributed by atoms with Gasteiger partial charge in [0, 0.05) is 110 Å². The molecule has 0 aromatic heterocycles. The van der Waals surface area contributed by atoms with Crippen molar-refractivity contribution in [2.45, 2.75) is 314 Å². The normalized spacial score (nSPS) is 25.5. The zero-order valence-corrected chi connectivity index (χ0v) is 81.9. The standard InChI is InChI=1S/C29H44ClNO5.C28H42ClNO5.C25H37ClO5.C24H35ClO5/c1-2-3-9-26(32)22-11-13-23(14-12-22)29-24(25(30)21-27(29)33)8-6-4-5-7-10-28(34)36-20-17-31-15-18-35-19-16-31;1-2-7-25(31)21-10-12-22(13-11-21)28-23(24(29)20-26(28)32)8-5-3-4-6-9-27(33)35-19-16-30-14-17-34-18-15-30;1-2-3-9-22(28)18-11-13-19(14-12-18)25-20(21(26)17-23(25)29)8-6-4-5-7-10-24(30)31-16-15-27;1-2-7-21(27)17-10-12-18(13-11-17)24-19(20(25)16-22(24)28)8-5-3-4-6-9-23(29)30-15-14-26/h4,6,11-14,24-27,29,32-33H,2-3,5,7-10,15-21H2,1H3;3,5,10-13,23-26,28,31-32H,2,4,6-9,14-20H2,1H3;4,6,11-14,20-23,25,27-29H,2-3,5,7-10,15-17H2,1H3;3,5,10-13,19-22,24,26-28H,2,4,6-9,14-16H2,1H3/b6-4-;5-3-;6-4-;5-3-/t24-,25+,26?,27+,29+;23-,24+,25?,26+,28+;20-,21+,22?,23+,25+;19-,20+,21?,22+,24+/m0000/s1. The molecular formula is C106H158Cl4N2O20. The predicted molar refractivity (Wildman–Crippen MR) is 523 cm³/mol. The molecule has 0 amide bonds.